The number of halogens is 2. The van der Waals surface area contributed by atoms with Gasteiger partial charge in [0.25, 0.3) is 0 Å². The molecule has 1 rings (SSSR count). The van der Waals surface area contributed by atoms with Crippen LogP contribution in [0.1, 0.15) is 18.9 Å². The first-order chi connectivity index (χ1) is 8.15. The quantitative estimate of drug-likeness (QED) is 0.808. The van der Waals surface area contributed by atoms with Crippen molar-refractivity contribution in [2.24, 2.45) is 0 Å². The molecule has 0 amide bonds. The van der Waals surface area contributed by atoms with Crippen LogP contribution in [0.15, 0.2) is 6.07 Å². The van der Waals surface area contributed by atoms with Gasteiger partial charge in [-0.05, 0) is 19.0 Å². The zero-order valence-corrected chi connectivity index (χ0v) is 11.8. The van der Waals surface area contributed by atoms with Crippen LogP contribution in [0.3, 0.4) is 0 Å². The lowest BCUT2D eigenvalue weighted by Crippen LogP contribution is -2.14. The Morgan fingerprint density at radius 3 is 2.35 bits per heavy atom. The Labute approximate surface area is 112 Å². The molecule has 3 nitrogen and oxygen atoms in total. The molecule has 0 heterocycles. The molecule has 0 atom stereocenters. The summed E-state index contributed by atoms with van der Waals surface area (Å²) >= 11 is 12.3. The minimum Gasteiger partial charge on any atom is -0.495 e. The van der Waals surface area contributed by atoms with Crippen LogP contribution in [0, 0.1) is 0 Å². The fourth-order valence-electron chi connectivity index (χ4n) is 1.57. The van der Waals surface area contributed by atoms with Crippen LogP contribution in [0.5, 0.6) is 11.5 Å². The molecule has 0 radical (unpaired) electrons. The van der Waals surface area contributed by atoms with E-state index < -0.39 is 0 Å². The Balaban J connectivity index is 3.04. The third-order valence-corrected chi connectivity index (χ3v) is 2.98. The normalized spacial score (nSPS) is 10.4. The summed E-state index contributed by atoms with van der Waals surface area (Å²) < 4.78 is 10.4. The van der Waals surface area contributed by atoms with E-state index in [1.165, 1.54) is 7.11 Å². The number of ether oxygens (including phenoxy) is 2. The zero-order chi connectivity index (χ0) is 12.8. The second kappa shape index (κ2) is 6.94. The summed E-state index contributed by atoms with van der Waals surface area (Å²) in [7, 11) is 3.11. The van der Waals surface area contributed by atoms with E-state index >= 15 is 0 Å². The van der Waals surface area contributed by atoms with E-state index in [9.17, 15) is 0 Å². The SMILES string of the molecule is CCCNCc1cc(Cl)c(OC)c(Cl)c1OC. The third-order valence-electron chi connectivity index (χ3n) is 2.36. The predicted octanol–water partition coefficient (Wildman–Crippen LogP) is 3.51. The lowest BCUT2D eigenvalue weighted by molar-refractivity contribution is 0.390. The van der Waals surface area contributed by atoms with E-state index in [-0.39, 0.29) is 0 Å². The van der Waals surface area contributed by atoms with E-state index in [1.54, 1.807) is 7.11 Å². The van der Waals surface area contributed by atoms with Gasteiger partial charge in [-0.3, -0.25) is 0 Å². The highest BCUT2D eigenvalue weighted by atomic mass is 35.5. The van der Waals surface area contributed by atoms with Crippen LogP contribution in [-0.4, -0.2) is 20.8 Å². The summed E-state index contributed by atoms with van der Waals surface area (Å²) in [5.74, 6) is 1.06. The van der Waals surface area contributed by atoms with Crippen LogP contribution in [0.2, 0.25) is 10.0 Å². The summed E-state index contributed by atoms with van der Waals surface area (Å²) in [6.07, 6.45) is 1.07. The van der Waals surface area contributed by atoms with Gasteiger partial charge in [0.05, 0.1) is 19.2 Å². The largest absolute Gasteiger partial charge is 0.495 e. The molecule has 1 aromatic carbocycles. The second-order valence-electron chi connectivity index (χ2n) is 3.57. The van der Waals surface area contributed by atoms with Crippen molar-refractivity contribution in [1.82, 2.24) is 5.32 Å². The first-order valence-electron chi connectivity index (χ1n) is 5.45. The summed E-state index contributed by atoms with van der Waals surface area (Å²) in [5.41, 5.74) is 0.928. The first kappa shape index (κ1) is 14.4. The molecule has 0 aliphatic carbocycles. The van der Waals surface area contributed by atoms with Crippen molar-refractivity contribution in [2.75, 3.05) is 20.8 Å². The highest BCUT2D eigenvalue weighted by Gasteiger charge is 2.16. The predicted molar refractivity (Wildman–Crippen MR) is 71.6 cm³/mol. The lowest BCUT2D eigenvalue weighted by Gasteiger charge is -2.15. The van der Waals surface area contributed by atoms with Gasteiger partial charge in [-0.1, -0.05) is 30.1 Å². The van der Waals surface area contributed by atoms with Crippen LogP contribution in [0.25, 0.3) is 0 Å². The Morgan fingerprint density at radius 1 is 1.18 bits per heavy atom. The van der Waals surface area contributed by atoms with Crippen molar-refractivity contribution in [3.05, 3.63) is 21.7 Å². The number of hydrogen-bond acceptors (Lipinski definition) is 3. The standard InChI is InChI=1S/C12H17Cl2NO2/c1-4-5-15-7-8-6-9(13)12(17-3)10(14)11(8)16-2/h6,15H,4-5,7H2,1-3H3. The van der Waals surface area contributed by atoms with Gasteiger partial charge in [0.2, 0.25) is 0 Å². The lowest BCUT2D eigenvalue weighted by atomic mass is 10.2. The van der Waals surface area contributed by atoms with Gasteiger partial charge >= 0.3 is 0 Å². The van der Waals surface area contributed by atoms with Crippen molar-refractivity contribution in [1.29, 1.82) is 0 Å². The van der Waals surface area contributed by atoms with E-state index in [0.717, 1.165) is 18.5 Å². The van der Waals surface area contributed by atoms with Crippen LogP contribution >= 0.6 is 23.2 Å². The molecule has 0 saturated heterocycles. The minimum atomic E-state index is 0.413. The Hall–Kier alpha value is -0.640. The van der Waals surface area contributed by atoms with Crippen LogP contribution in [0.4, 0.5) is 0 Å². The fraction of sp³-hybridized carbons (Fsp3) is 0.500. The monoisotopic (exact) mass is 277 g/mol. The minimum absolute atomic E-state index is 0.413. The molecule has 0 unspecified atom stereocenters. The molecule has 1 N–H and O–H groups in total. The van der Waals surface area contributed by atoms with Gasteiger partial charge in [-0.25, -0.2) is 0 Å². The molecule has 0 aliphatic heterocycles. The molecule has 0 saturated carbocycles. The summed E-state index contributed by atoms with van der Waals surface area (Å²) in [5, 5.41) is 4.18. The second-order valence-corrected chi connectivity index (χ2v) is 4.36. The molecule has 1 aromatic rings. The fourth-order valence-corrected chi connectivity index (χ4v) is 2.30. The summed E-state index contributed by atoms with van der Waals surface area (Å²) in [4.78, 5) is 0. The number of rotatable bonds is 6. The Bertz CT molecular complexity index is 383. The number of hydrogen-bond donors (Lipinski definition) is 1. The van der Waals surface area contributed by atoms with Gasteiger partial charge in [0, 0.05) is 12.1 Å². The third kappa shape index (κ3) is 3.41. The molecule has 5 heteroatoms. The average Bonchev–Trinajstić information content (AvgIpc) is 2.30. The van der Waals surface area contributed by atoms with Gasteiger partial charge in [0.15, 0.2) is 5.75 Å². The number of methoxy groups -OCH3 is 2. The van der Waals surface area contributed by atoms with E-state index in [2.05, 4.69) is 12.2 Å². The molecule has 0 aliphatic rings. The molecule has 17 heavy (non-hydrogen) atoms. The number of nitrogens with one attached hydrogen (secondary N) is 1. The topological polar surface area (TPSA) is 30.5 Å². The summed E-state index contributed by atoms with van der Waals surface area (Å²) in [6, 6.07) is 1.81. The van der Waals surface area contributed by atoms with Crippen molar-refractivity contribution < 1.29 is 9.47 Å². The Morgan fingerprint density at radius 2 is 1.82 bits per heavy atom. The number of benzene rings is 1. The smallest absolute Gasteiger partial charge is 0.159 e. The van der Waals surface area contributed by atoms with Crippen molar-refractivity contribution in [2.45, 2.75) is 19.9 Å². The van der Waals surface area contributed by atoms with Gasteiger partial charge < -0.3 is 14.8 Å². The maximum atomic E-state index is 6.17. The maximum Gasteiger partial charge on any atom is 0.159 e. The average molecular weight is 278 g/mol. The van der Waals surface area contributed by atoms with Crippen molar-refractivity contribution >= 4 is 23.2 Å². The van der Waals surface area contributed by atoms with Gasteiger partial charge in [-0.15, -0.1) is 0 Å². The maximum absolute atomic E-state index is 6.17. The van der Waals surface area contributed by atoms with Gasteiger partial charge in [0.1, 0.15) is 10.8 Å². The zero-order valence-electron chi connectivity index (χ0n) is 10.3. The first-order valence-corrected chi connectivity index (χ1v) is 6.20. The molecular weight excluding hydrogens is 261 g/mol. The molecule has 96 valence electrons. The molecule has 0 aromatic heterocycles. The van der Waals surface area contributed by atoms with Crippen LogP contribution in [-0.2, 0) is 6.54 Å². The molecule has 0 spiro atoms. The van der Waals surface area contributed by atoms with E-state index in [4.69, 9.17) is 32.7 Å². The molecule has 0 bridgehead atoms. The molecular formula is C12H17Cl2NO2. The van der Waals surface area contributed by atoms with Crippen LogP contribution < -0.4 is 14.8 Å². The highest BCUT2D eigenvalue weighted by Crippen LogP contribution is 2.42. The molecule has 0 fully saturated rings. The van der Waals surface area contributed by atoms with E-state index in [0.29, 0.717) is 28.1 Å². The Kier molecular flexibility index (Phi) is 5.89. The van der Waals surface area contributed by atoms with Crippen molar-refractivity contribution in [3.63, 3.8) is 0 Å². The summed E-state index contributed by atoms with van der Waals surface area (Å²) in [6.45, 7) is 3.71. The van der Waals surface area contributed by atoms with E-state index in [1.807, 2.05) is 6.07 Å². The van der Waals surface area contributed by atoms with Gasteiger partial charge in [-0.2, -0.15) is 0 Å². The van der Waals surface area contributed by atoms with Crippen molar-refractivity contribution in [3.8, 4) is 11.5 Å². The highest BCUT2D eigenvalue weighted by molar-refractivity contribution is 6.38.